The van der Waals surface area contributed by atoms with Crippen molar-refractivity contribution in [3.63, 3.8) is 0 Å². The van der Waals surface area contributed by atoms with Crippen molar-refractivity contribution in [3.05, 3.63) is 46.8 Å². The van der Waals surface area contributed by atoms with Crippen molar-refractivity contribution in [2.45, 2.75) is 19.1 Å². The molecule has 0 aliphatic heterocycles. The van der Waals surface area contributed by atoms with Crippen molar-refractivity contribution in [2.24, 2.45) is 0 Å². The second-order valence-corrected chi connectivity index (χ2v) is 4.84. The van der Waals surface area contributed by atoms with E-state index in [1.165, 1.54) is 21.2 Å². The maximum Gasteiger partial charge on any atom is 0.0177 e. The van der Waals surface area contributed by atoms with Crippen LogP contribution >= 0.6 is 25.3 Å². The molecule has 0 heterocycles. The van der Waals surface area contributed by atoms with Gasteiger partial charge in [0.25, 0.3) is 0 Å². The van der Waals surface area contributed by atoms with Crippen LogP contribution in [-0.2, 0) is 0 Å². The minimum atomic E-state index is 0.278. The molecule has 2 aromatic carbocycles. The van der Waals surface area contributed by atoms with Gasteiger partial charge in [0, 0.05) is 5.25 Å². The lowest BCUT2D eigenvalue weighted by atomic mass is 10.1. The highest BCUT2D eigenvalue weighted by Crippen LogP contribution is 2.08. The number of benzene rings is 2. The van der Waals surface area contributed by atoms with E-state index < -0.39 is 0 Å². The fraction of sp³-hybridized carbons (Fsp3) is 0.250. The second-order valence-electron chi connectivity index (χ2n) is 4.02. The third kappa shape index (κ3) is 3.82. The highest BCUT2D eigenvalue weighted by atomic mass is 32.1. The average molecular weight is 276 g/mol. The molecule has 2 aromatic rings. The SMILES string of the molecule is C/C=c1/cc2ccccc2c/c1=C/C(C)S.CS. The molecular formula is C16H20S2. The lowest BCUT2D eigenvalue weighted by molar-refractivity contribution is 1.32. The second kappa shape index (κ2) is 7.55. The van der Waals surface area contributed by atoms with Gasteiger partial charge in [-0.25, -0.2) is 0 Å². The Morgan fingerprint density at radius 3 is 1.94 bits per heavy atom. The van der Waals surface area contributed by atoms with Gasteiger partial charge in [-0.1, -0.05) is 36.4 Å². The fourth-order valence-electron chi connectivity index (χ4n) is 1.93. The van der Waals surface area contributed by atoms with Crippen molar-refractivity contribution < 1.29 is 0 Å². The zero-order chi connectivity index (χ0) is 13.5. The number of hydrogen-bond acceptors (Lipinski definition) is 2. The topological polar surface area (TPSA) is 0 Å². The molecule has 96 valence electrons. The first kappa shape index (κ1) is 15.2. The summed E-state index contributed by atoms with van der Waals surface area (Å²) < 4.78 is 0. The summed E-state index contributed by atoms with van der Waals surface area (Å²) in [4.78, 5) is 0. The molecule has 0 bridgehead atoms. The lowest BCUT2D eigenvalue weighted by Gasteiger charge is -2.00. The van der Waals surface area contributed by atoms with Gasteiger partial charge >= 0.3 is 0 Å². The van der Waals surface area contributed by atoms with E-state index in [9.17, 15) is 0 Å². The molecule has 1 unspecified atom stereocenters. The van der Waals surface area contributed by atoms with Crippen molar-refractivity contribution >= 4 is 48.2 Å². The zero-order valence-corrected chi connectivity index (χ0v) is 12.9. The monoisotopic (exact) mass is 276 g/mol. The van der Waals surface area contributed by atoms with Gasteiger partial charge in [0.15, 0.2) is 0 Å². The molecule has 0 fully saturated rings. The van der Waals surface area contributed by atoms with Crippen molar-refractivity contribution in [2.75, 3.05) is 6.26 Å². The highest BCUT2D eigenvalue weighted by molar-refractivity contribution is 7.81. The van der Waals surface area contributed by atoms with Crippen LogP contribution in [0.4, 0.5) is 0 Å². The van der Waals surface area contributed by atoms with Crippen LogP contribution < -0.4 is 10.4 Å². The third-order valence-corrected chi connectivity index (χ3v) is 2.83. The molecule has 0 amide bonds. The Kier molecular flexibility index (Phi) is 6.37. The van der Waals surface area contributed by atoms with Crippen LogP contribution in [0.5, 0.6) is 0 Å². The van der Waals surface area contributed by atoms with Gasteiger partial charge in [-0.05, 0) is 53.4 Å². The smallest absolute Gasteiger partial charge is 0.0177 e. The summed E-state index contributed by atoms with van der Waals surface area (Å²) >= 11 is 7.95. The first-order chi connectivity index (χ1) is 8.70. The number of fused-ring (bicyclic) bond motifs is 1. The van der Waals surface area contributed by atoms with E-state index in [1.54, 1.807) is 6.26 Å². The molecule has 0 saturated carbocycles. The predicted molar refractivity (Wildman–Crippen MR) is 91.2 cm³/mol. The number of rotatable bonds is 1. The molecule has 0 aromatic heterocycles. The van der Waals surface area contributed by atoms with Gasteiger partial charge in [0.05, 0.1) is 0 Å². The van der Waals surface area contributed by atoms with Crippen LogP contribution in [0.15, 0.2) is 36.4 Å². The Labute approximate surface area is 120 Å². The number of thiol groups is 2. The van der Waals surface area contributed by atoms with E-state index in [2.05, 4.69) is 87.7 Å². The molecule has 0 radical (unpaired) electrons. The van der Waals surface area contributed by atoms with Crippen LogP contribution in [0, 0.1) is 0 Å². The van der Waals surface area contributed by atoms with Crippen LogP contribution in [0.3, 0.4) is 0 Å². The molecule has 0 spiro atoms. The zero-order valence-electron chi connectivity index (χ0n) is 11.1. The van der Waals surface area contributed by atoms with Gasteiger partial charge in [-0.15, -0.1) is 0 Å². The minimum Gasteiger partial charge on any atom is -0.183 e. The number of hydrogen-bond donors (Lipinski definition) is 2. The molecule has 2 rings (SSSR count). The summed E-state index contributed by atoms with van der Waals surface area (Å²) in [6.45, 7) is 4.16. The van der Waals surface area contributed by atoms with Crippen LogP contribution in [-0.4, -0.2) is 11.5 Å². The molecule has 1 atom stereocenters. The van der Waals surface area contributed by atoms with Gasteiger partial charge in [0.1, 0.15) is 0 Å². The summed E-state index contributed by atoms with van der Waals surface area (Å²) in [5.41, 5.74) is 0. The van der Waals surface area contributed by atoms with Gasteiger partial charge in [0.2, 0.25) is 0 Å². The Bertz CT molecular complexity index is 613. The van der Waals surface area contributed by atoms with Crippen molar-refractivity contribution in [1.29, 1.82) is 0 Å². The third-order valence-electron chi connectivity index (χ3n) is 2.68. The summed E-state index contributed by atoms with van der Waals surface area (Å²) in [6, 6.07) is 12.9. The Morgan fingerprint density at radius 1 is 1.00 bits per heavy atom. The van der Waals surface area contributed by atoms with E-state index in [4.69, 9.17) is 0 Å². The van der Waals surface area contributed by atoms with Crippen molar-refractivity contribution in [1.82, 2.24) is 0 Å². The summed E-state index contributed by atoms with van der Waals surface area (Å²) in [6.07, 6.45) is 6.03. The molecule has 0 aliphatic carbocycles. The molecule has 18 heavy (non-hydrogen) atoms. The van der Waals surface area contributed by atoms with E-state index in [0.29, 0.717) is 0 Å². The van der Waals surface area contributed by atoms with Gasteiger partial charge in [-0.2, -0.15) is 25.3 Å². The summed E-state index contributed by atoms with van der Waals surface area (Å²) in [5, 5.41) is 5.40. The molecule has 0 aliphatic rings. The Hall–Kier alpha value is -0.860. The predicted octanol–water partition coefficient (Wildman–Crippen LogP) is 3.29. The van der Waals surface area contributed by atoms with Crippen LogP contribution in [0.2, 0.25) is 0 Å². The molecule has 0 saturated heterocycles. The van der Waals surface area contributed by atoms with Gasteiger partial charge in [-0.3, -0.25) is 0 Å². The summed E-state index contributed by atoms with van der Waals surface area (Å²) in [5.74, 6) is 0. The van der Waals surface area contributed by atoms with Crippen LogP contribution in [0.25, 0.3) is 22.9 Å². The van der Waals surface area contributed by atoms with E-state index >= 15 is 0 Å². The lowest BCUT2D eigenvalue weighted by Crippen LogP contribution is -2.24. The van der Waals surface area contributed by atoms with E-state index in [0.717, 1.165) is 0 Å². The Balaban J connectivity index is 0.000000771. The largest absolute Gasteiger partial charge is 0.183 e. The van der Waals surface area contributed by atoms with Crippen LogP contribution in [0.1, 0.15) is 13.8 Å². The normalized spacial score (nSPS) is 14.3. The van der Waals surface area contributed by atoms with Crippen molar-refractivity contribution in [3.8, 4) is 0 Å². The average Bonchev–Trinajstić information content (AvgIpc) is 2.39. The fourth-order valence-corrected chi connectivity index (χ4v) is 2.09. The first-order valence-electron chi connectivity index (χ1n) is 6.00. The maximum atomic E-state index is 4.42. The standard InChI is InChI=1S/C15H16S.CH4S/c1-3-12-9-13-6-4-5-7-14(13)10-15(12)8-11(2)16;1-2/h3-11,16H,1-2H3;2H,1H3/b12-3-,15-8-;. The Morgan fingerprint density at radius 2 is 1.50 bits per heavy atom. The highest BCUT2D eigenvalue weighted by Gasteiger charge is 1.94. The quantitative estimate of drug-likeness (QED) is 0.734. The van der Waals surface area contributed by atoms with E-state index in [1.807, 2.05) is 0 Å². The first-order valence-corrected chi connectivity index (χ1v) is 7.41. The minimum absolute atomic E-state index is 0.278. The molecule has 0 nitrogen and oxygen atoms in total. The summed E-state index contributed by atoms with van der Waals surface area (Å²) in [7, 11) is 0. The molecular weight excluding hydrogens is 256 g/mol. The maximum absolute atomic E-state index is 4.42. The van der Waals surface area contributed by atoms with Gasteiger partial charge < -0.3 is 0 Å². The van der Waals surface area contributed by atoms with E-state index in [-0.39, 0.29) is 5.25 Å². The molecule has 0 N–H and O–H groups in total. The molecule has 2 heteroatoms.